The highest BCUT2D eigenvalue weighted by molar-refractivity contribution is 8.00. The summed E-state index contributed by atoms with van der Waals surface area (Å²) in [6.45, 7) is 5.73. The minimum absolute atomic E-state index is 0.420. The van der Waals surface area contributed by atoms with Gasteiger partial charge in [-0.15, -0.1) is 0 Å². The van der Waals surface area contributed by atoms with Crippen molar-refractivity contribution in [1.29, 1.82) is 0 Å². The Morgan fingerprint density at radius 3 is 2.67 bits per heavy atom. The Bertz CT molecular complexity index is 715. The normalized spacial score (nSPS) is 12.1. The molecule has 0 aliphatic heterocycles. The number of fused-ring (bicyclic) bond motifs is 1. The van der Waals surface area contributed by atoms with Crippen LogP contribution in [-0.4, -0.2) is 22.2 Å². The molecule has 0 aliphatic rings. The number of hydrogen-bond donors (Lipinski definition) is 2. The number of aromatic nitrogens is 1. The van der Waals surface area contributed by atoms with Crippen LogP contribution in [0.25, 0.3) is 10.9 Å². The van der Waals surface area contributed by atoms with E-state index in [1.54, 1.807) is 6.92 Å². The average molecular weight is 303 g/mol. The molecule has 0 radical (unpaired) electrons. The summed E-state index contributed by atoms with van der Waals surface area (Å²) in [5.74, 6) is -0.420. The van der Waals surface area contributed by atoms with Gasteiger partial charge in [0.2, 0.25) is 5.91 Å². The zero-order valence-electron chi connectivity index (χ0n) is 12.1. The van der Waals surface area contributed by atoms with Gasteiger partial charge in [-0.25, -0.2) is 9.78 Å². The summed E-state index contributed by atoms with van der Waals surface area (Å²) >= 11 is 1.30. The van der Waals surface area contributed by atoms with Gasteiger partial charge in [0.1, 0.15) is 0 Å². The third kappa shape index (κ3) is 3.72. The molecule has 0 aliphatic carbocycles. The molecular formula is C15H17N3O2S. The Morgan fingerprint density at radius 1 is 1.29 bits per heavy atom. The van der Waals surface area contributed by atoms with Crippen molar-refractivity contribution in [3.05, 3.63) is 35.4 Å². The van der Waals surface area contributed by atoms with E-state index in [1.165, 1.54) is 11.8 Å². The Morgan fingerprint density at radius 2 is 2.00 bits per heavy atom. The molecule has 0 fully saturated rings. The fourth-order valence-corrected chi connectivity index (χ4v) is 2.92. The second-order valence-electron chi connectivity index (χ2n) is 4.91. The van der Waals surface area contributed by atoms with E-state index in [9.17, 15) is 9.59 Å². The van der Waals surface area contributed by atoms with Crippen LogP contribution in [0.5, 0.6) is 0 Å². The third-order valence-electron chi connectivity index (χ3n) is 3.06. The van der Waals surface area contributed by atoms with Crippen LogP contribution in [0, 0.1) is 13.8 Å². The standard InChI is InChI=1S/C15H17N3O2S/c1-8-4-5-11-9(2)7-13(17-12(11)6-8)21-10(3)14(19)18-15(16)20/h4-7,10H,1-3H3,(H3,16,18,19,20)/t10-/m0/s1. The Hall–Kier alpha value is -2.08. The van der Waals surface area contributed by atoms with Gasteiger partial charge in [0.05, 0.1) is 15.8 Å². The van der Waals surface area contributed by atoms with E-state index in [0.717, 1.165) is 27.1 Å². The van der Waals surface area contributed by atoms with Gasteiger partial charge >= 0.3 is 6.03 Å². The van der Waals surface area contributed by atoms with Crippen LogP contribution in [0.2, 0.25) is 0 Å². The lowest BCUT2D eigenvalue weighted by molar-refractivity contribution is -0.119. The van der Waals surface area contributed by atoms with E-state index in [1.807, 2.05) is 38.1 Å². The number of imide groups is 1. The first kappa shape index (κ1) is 15.3. The Kier molecular flexibility index (Phi) is 4.47. The highest BCUT2D eigenvalue weighted by Crippen LogP contribution is 2.27. The number of nitrogens with one attached hydrogen (secondary N) is 1. The second kappa shape index (κ2) is 6.13. The molecule has 0 unspecified atom stereocenters. The van der Waals surface area contributed by atoms with Crippen molar-refractivity contribution in [2.45, 2.75) is 31.0 Å². The van der Waals surface area contributed by atoms with Crippen molar-refractivity contribution in [2.75, 3.05) is 0 Å². The molecule has 5 nitrogen and oxygen atoms in total. The van der Waals surface area contributed by atoms with Gasteiger partial charge in [0.15, 0.2) is 0 Å². The molecule has 1 aromatic carbocycles. The van der Waals surface area contributed by atoms with Gasteiger partial charge < -0.3 is 5.73 Å². The molecule has 3 amide bonds. The number of amides is 3. The predicted octanol–water partition coefficient (Wildman–Crippen LogP) is 2.53. The zero-order valence-corrected chi connectivity index (χ0v) is 13.0. The molecule has 3 N–H and O–H groups in total. The second-order valence-corrected chi connectivity index (χ2v) is 6.27. The molecule has 0 saturated carbocycles. The van der Waals surface area contributed by atoms with Crippen LogP contribution in [0.1, 0.15) is 18.1 Å². The minimum Gasteiger partial charge on any atom is -0.351 e. The number of hydrogen-bond acceptors (Lipinski definition) is 4. The molecule has 1 heterocycles. The Labute approximate surface area is 127 Å². The lowest BCUT2D eigenvalue weighted by Gasteiger charge is -2.11. The number of pyridine rings is 1. The summed E-state index contributed by atoms with van der Waals surface area (Å²) < 4.78 is 0. The van der Waals surface area contributed by atoms with Crippen molar-refractivity contribution in [3.8, 4) is 0 Å². The molecule has 2 rings (SSSR count). The quantitative estimate of drug-likeness (QED) is 0.853. The Balaban J connectivity index is 2.26. The topological polar surface area (TPSA) is 85.1 Å². The number of aryl methyl sites for hydroxylation is 2. The average Bonchev–Trinajstić information content (AvgIpc) is 2.37. The van der Waals surface area contributed by atoms with E-state index in [2.05, 4.69) is 10.3 Å². The minimum atomic E-state index is -0.842. The molecule has 21 heavy (non-hydrogen) atoms. The highest BCUT2D eigenvalue weighted by atomic mass is 32.2. The molecule has 6 heteroatoms. The fraction of sp³-hybridized carbons (Fsp3) is 0.267. The van der Waals surface area contributed by atoms with Crippen molar-refractivity contribution in [1.82, 2.24) is 10.3 Å². The van der Waals surface area contributed by atoms with Gasteiger partial charge in [-0.2, -0.15) is 0 Å². The maximum atomic E-state index is 11.7. The lowest BCUT2D eigenvalue weighted by Crippen LogP contribution is -2.39. The number of nitrogens with two attached hydrogens (primary N) is 1. The molecule has 1 aromatic heterocycles. The number of primary amides is 1. The number of carbonyl (C=O) groups is 2. The molecule has 110 valence electrons. The smallest absolute Gasteiger partial charge is 0.318 e. The largest absolute Gasteiger partial charge is 0.351 e. The van der Waals surface area contributed by atoms with Crippen LogP contribution < -0.4 is 11.1 Å². The van der Waals surface area contributed by atoms with E-state index in [0.29, 0.717) is 0 Å². The van der Waals surface area contributed by atoms with E-state index in [4.69, 9.17) is 5.73 Å². The van der Waals surface area contributed by atoms with E-state index in [-0.39, 0.29) is 0 Å². The zero-order chi connectivity index (χ0) is 15.6. The maximum absolute atomic E-state index is 11.7. The molecule has 0 bridgehead atoms. The predicted molar refractivity (Wildman–Crippen MR) is 84.3 cm³/mol. The summed E-state index contributed by atoms with van der Waals surface area (Å²) in [6.07, 6.45) is 0. The maximum Gasteiger partial charge on any atom is 0.318 e. The third-order valence-corrected chi connectivity index (χ3v) is 4.08. The number of thioether (sulfide) groups is 1. The van der Waals surface area contributed by atoms with Crippen LogP contribution in [0.4, 0.5) is 4.79 Å². The number of carbonyl (C=O) groups excluding carboxylic acids is 2. The van der Waals surface area contributed by atoms with Gasteiger partial charge in [-0.1, -0.05) is 23.9 Å². The van der Waals surface area contributed by atoms with E-state index >= 15 is 0 Å². The number of nitrogens with zero attached hydrogens (tertiary/aromatic N) is 1. The van der Waals surface area contributed by atoms with E-state index < -0.39 is 17.2 Å². The highest BCUT2D eigenvalue weighted by Gasteiger charge is 2.17. The number of urea groups is 1. The van der Waals surface area contributed by atoms with Gasteiger partial charge in [0, 0.05) is 5.39 Å². The molecule has 2 aromatic rings. The summed E-state index contributed by atoms with van der Waals surface area (Å²) in [5, 5.41) is 3.47. The molecule has 0 saturated heterocycles. The lowest BCUT2D eigenvalue weighted by atomic mass is 10.1. The first-order valence-corrected chi connectivity index (χ1v) is 7.40. The van der Waals surface area contributed by atoms with Crippen LogP contribution >= 0.6 is 11.8 Å². The van der Waals surface area contributed by atoms with Crippen molar-refractivity contribution >= 4 is 34.6 Å². The summed E-state index contributed by atoms with van der Waals surface area (Å²) in [6, 6.07) is 7.21. The number of rotatable bonds is 3. The molecule has 0 spiro atoms. The summed E-state index contributed by atoms with van der Waals surface area (Å²) in [5.41, 5.74) is 8.08. The summed E-state index contributed by atoms with van der Waals surface area (Å²) in [7, 11) is 0. The van der Waals surface area contributed by atoms with Crippen molar-refractivity contribution < 1.29 is 9.59 Å². The van der Waals surface area contributed by atoms with Gasteiger partial charge in [-0.3, -0.25) is 10.1 Å². The first-order valence-electron chi connectivity index (χ1n) is 6.52. The van der Waals surface area contributed by atoms with Crippen LogP contribution in [0.3, 0.4) is 0 Å². The van der Waals surface area contributed by atoms with Gasteiger partial charge in [-0.05, 0) is 44.0 Å². The number of benzene rings is 1. The fourth-order valence-electron chi connectivity index (χ4n) is 2.00. The van der Waals surface area contributed by atoms with Crippen LogP contribution in [0.15, 0.2) is 29.3 Å². The molecule has 1 atom stereocenters. The SMILES string of the molecule is Cc1ccc2c(C)cc(S[C@@H](C)C(=O)NC(N)=O)nc2c1. The van der Waals surface area contributed by atoms with Crippen LogP contribution in [-0.2, 0) is 4.79 Å². The van der Waals surface area contributed by atoms with Crippen molar-refractivity contribution in [2.24, 2.45) is 5.73 Å². The molecular weight excluding hydrogens is 286 g/mol. The first-order chi connectivity index (χ1) is 9.86. The summed E-state index contributed by atoms with van der Waals surface area (Å²) in [4.78, 5) is 27.0. The monoisotopic (exact) mass is 303 g/mol. The van der Waals surface area contributed by atoms with Gasteiger partial charge in [0.25, 0.3) is 0 Å². The van der Waals surface area contributed by atoms with Crippen molar-refractivity contribution in [3.63, 3.8) is 0 Å².